The Morgan fingerprint density at radius 3 is 2.57 bits per heavy atom. The lowest BCUT2D eigenvalue weighted by molar-refractivity contribution is 0.146. The van der Waals surface area contributed by atoms with E-state index in [0.29, 0.717) is 11.8 Å². The largest absolute Gasteiger partial charge is 0.491 e. The average molecular weight is 326 g/mol. The van der Waals surface area contributed by atoms with Gasteiger partial charge in [-0.05, 0) is 31.1 Å². The third-order valence-electron chi connectivity index (χ3n) is 5.06. The highest BCUT2D eigenvalue weighted by atomic mass is 19.1. The van der Waals surface area contributed by atoms with E-state index in [1.54, 1.807) is 0 Å². The zero-order chi connectivity index (χ0) is 16.6. The van der Waals surface area contributed by atoms with Crippen molar-refractivity contribution in [1.82, 2.24) is 5.32 Å². The molecule has 3 rings (SSSR count). The van der Waals surface area contributed by atoms with Crippen LogP contribution in [-0.2, 0) is 0 Å². The summed E-state index contributed by atoms with van der Waals surface area (Å²) in [5.41, 5.74) is 0.0157. The van der Waals surface area contributed by atoms with Crippen LogP contribution in [0, 0.1) is 29.4 Å². The minimum atomic E-state index is -0.879. The minimum Gasteiger partial charge on any atom is -0.491 e. The molecule has 126 valence electrons. The van der Waals surface area contributed by atoms with Gasteiger partial charge in [-0.3, -0.25) is 0 Å². The number of hydrogen-bond donors (Lipinski definition) is 3. The highest BCUT2D eigenvalue weighted by Crippen LogP contribution is 2.48. The lowest BCUT2D eigenvalue weighted by atomic mass is 9.85. The van der Waals surface area contributed by atoms with Crippen LogP contribution in [0.25, 0.3) is 0 Å². The van der Waals surface area contributed by atoms with E-state index in [1.165, 1.54) is 7.11 Å². The molecule has 0 saturated heterocycles. The van der Waals surface area contributed by atoms with Crippen LogP contribution in [0.2, 0.25) is 0 Å². The molecule has 4 atom stereocenters. The van der Waals surface area contributed by atoms with Crippen LogP contribution in [0.1, 0.15) is 19.3 Å². The Labute approximate surface area is 133 Å². The predicted molar refractivity (Wildman–Crippen MR) is 80.3 cm³/mol. The Morgan fingerprint density at radius 2 is 1.96 bits per heavy atom. The molecular formula is C16H20F2N2O3. The van der Waals surface area contributed by atoms with Crippen molar-refractivity contribution in [2.75, 3.05) is 19.0 Å². The molecular weight excluding hydrogens is 306 g/mol. The summed E-state index contributed by atoms with van der Waals surface area (Å²) in [4.78, 5) is 12.1. The molecule has 23 heavy (non-hydrogen) atoms. The number of anilines is 1. The number of urea groups is 1. The fourth-order valence-corrected chi connectivity index (χ4v) is 4.04. The summed E-state index contributed by atoms with van der Waals surface area (Å²) in [7, 11) is 1.17. The molecule has 1 aromatic rings. The number of amides is 2. The van der Waals surface area contributed by atoms with Gasteiger partial charge in [0.1, 0.15) is 0 Å². The molecule has 7 heteroatoms. The number of benzene rings is 1. The molecule has 0 radical (unpaired) electrons. The van der Waals surface area contributed by atoms with Crippen LogP contribution in [0.5, 0.6) is 5.75 Å². The van der Waals surface area contributed by atoms with Gasteiger partial charge >= 0.3 is 6.03 Å². The normalized spacial score (nSPS) is 28.7. The number of rotatable bonds is 4. The second-order valence-electron chi connectivity index (χ2n) is 6.28. The Hall–Kier alpha value is -1.89. The first-order chi connectivity index (χ1) is 11.0. The summed E-state index contributed by atoms with van der Waals surface area (Å²) in [5.74, 6) is -1.36. The summed E-state index contributed by atoms with van der Waals surface area (Å²) in [6, 6.07) is 1.40. The molecule has 5 nitrogen and oxygen atoms in total. The number of carbonyl (C=O) groups is 1. The molecule has 0 aliphatic heterocycles. The summed E-state index contributed by atoms with van der Waals surface area (Å²) in [6.45, 7) is 0.0396. The Kier molecular flexibility index (Phi) is 4.39. The second-order valence-corrected chi connectivity index (χ2v) is 6.28. The molecule has 0 aromatic heterocycles. The number of methoxy groups -OCH3 is 1. The zero-order valence-corrected chi connectivity index (χ0v) is 12.8. The van der Waals surface area contributed by atoms with Crippen molar-refractivity contribution in [3.63, 3.8) is 0 Å². The summed E-state index contributed by atoms with van der Waals surface area (Å²) >= 11 is 0. The fraction of sp³-hybridized carbons (Fsp3) is 0.562. The van der Waals surface area contributed by atoms with E-state index in [1.807, 2.05) is 0 Å². The van der Waals surface area contributed by atoms with Gasteiger partial charge in [0.15, 0.2) is 17.4 Å². The van der Waals surface area contributed by atoms with Gasteiger partial charge in [0.2, 0.25) is 0 Å². The molecule has 0 heterocycles. The number of aliphatic hydroxyl groups excluding tert-OH is 1. The van der Waals surface area contributed by atoms with Crippen molar-refractivity contribution in [3.8, 4) is 5.75 Å². The molecule has 1 aromatic carbocycles. The van der Waals surface area contributed by atoms with Crippen molar-refractivity contribution in [3.05, 3.63) is 23.8 Å². The summed E-state index contributed by atoms with van der Waals surface area (Å²) in [5, 5.41) is 14.8. The maximum absolute atomic E-state index is 13.6. The SMILES string of the molecule is COc1c(F)cc(NC(=O)N[C@@H]2[C@H]3CC[C@@H](C3)[C@@H]2CO)cc1F. The van der Waals surface area contributed by atoms with Gasteiger partial charge in [0.05, 0.1) is 7.11 Å². The molecule has 2 aliphatic carbocycles. The average Bonchev–Trinajstić information content (AvgIpc) is 3.07. The second kappa shape index (κ2) is 6.31. The van der Waals surface area contributed by atoms with Crippen LogP contribution in [0.4, 0.5) is 19.3 Å². The van der Waals surface area contributed by atoms with E-state index in [-0.39, 0.29) is 24.3 Å². The Bertz CT molecular complexity index is 588. The molecule has 2 bridgehead atoms. The van der Waals surface area contributed by atoms with Crippen molar-refractivity contribution >= 4 is 11.7 Å². The van der Waals surface area contributed by atoms with Crippen molar-refractivity contribution in [1.29, 1.82) is 0 Å². The standard InChI is InChI=1S/C16H20F2N2O3/c1-23-15-12(17)5-10(6-13(15)18)19-16(22)20-14-9-3-2-8(4-9)11(14)7-21/h5-6,8-9,11,14,21H,2-4,7H2,1H3,(H2,19,20,22)/t8-,9-,11-,14+/m0/s1. The van der Waals surface area contributed by atoms with E-state index in [9.17, 15) is 18.7 Å². The summed E-state index contributed by atoms with van der Waals surface area (Å²) in [6.07, 6.45) is 3.14. The molecule has 2 amide bonds. The Balaban J connectivity index is 1.66. The van der Waals surface area contributed by atoms with Crippen molar-refractivity contribution in [2.45, 2.75) is 25.3 Å². The van der Waals surface area contributed by atoms with Crippen molar-refractivity contribution < 1.29 is 23.4 Å². The highest BCUT2D eigenvalue weighted by Gasteiger charge is 2.47. The third-order valence-corrected chi connectivity index (χ3v) is 5.06. The maximum Gasteiger partial charge on any atom is 0.319 e. The van der Waals surface area contributed by atoms with Crippen LogP contribution < -0.4 is 15.4 Å². The zero-order valence-electron chi connectivity index (χ0n) is 12.8. The van der Waals surface area contributed by atoms with Crippen LogP contribution in [-0.4, -0.2) is 30.9 Å². The number of fused-ring (bicyclic) bond motifs is 2. The van der Waals surface area contributed by atoms with E-state index in [2.05, 4.69) is 15.4 Å². The quantitative estimate of drug-likeness (QED) is 0.796. The smallest absolute Gasteiger partial charge is 0.319 e. The number of carbonyl (C=O) groups excluding carboxylic acids is 1. The van der Waals surface area contributed by atoms with E-state index >= 15 is 0 Å². The maximum atomic E-state index is 13.6. The minimum absolute atomic E-state index is 0.0157. The van der Waals surface area contributed by atoms with Gasteiger partial charge in [-0.1, -0.05) is 0 Å². The topological polar surface area (TPSA) is 70.6 Å². The third kappa shape index (κ3) is 2.97. The van der Waals surface area contributed by atoms with Crippen LogP contribution >= 0.6 is 0 Å². The first kappa shape index (κ1) is 16.0. The molecule has 2 saturated carbocycles. The number of nitrogens with one attached hydrogen (secondary N) is 2. The van der Waals surface area contributed by atoms with E-state index in [4.69, 9.17) is 0 Å². The molecule has 3 N–H and O–H groups in total. The first-order valence-corrected chi connectivity index (χ1v) is 7.75. The van der Waals surface area contributed by atoms with Gasteiger partial charge < -0.3 is 20.5 Å². The number of aliphatic hydroxyl groups is 1. The number of ether oxygens (including phenoxy) is 1. The van der Waals surface area contributed by atoms with E-state index < -0.39 is 23.4 Å². The van der Waals surface area contributed by atoms with Gasteiger partial charge in [0.25, 0.3) is 0 Å². The lowest BCUT2D eigenvalue weighted by Gasteiger charge is -2.30. The number of hydrogen-bond acceptors (Lipinski definition) is 3. The molecule has 2 fully saturated rings. The number of halogens is 2. The van der Waals surface area contributed by atoms with Gasteiger partial charge in [-0.2, -0.15) is 0 Å². The van der Waals surface area contributed by atoms with Crippen LogP contribution in [0.3, 0.4) is 0 Å². The van der Waals surface area contributed by atoms with Crippen molar-refractivity contribution in [2.24, 2.45) is 17.8 Å². The monoisotopic (exact) mass is 326 g/mol. The lowest BCUT2D eigenvalue weighted by Crippen LogP contribution is -2.46. The van der Waals surface area contributed by atoms with E-state index in [0.717, 1.165) is 31.4 Å². The fourth-order valence-electron chi connectivity index (χ4n) is 4.04. The predicted octanol–water partition coefficient (Wildman–Crippen LogP) is 2.50. The van der Waals surface area contributed by atoms with Gasteiger partial charge in [-0.25, -0.2) is 13.6 Å². The summed E-state index contributed by atoms with van der Waals surface area (Å²) < 4.78 is 31.9. The molecule has 0 spiro atoms. The first-order valence-electron chi connectivity index (χ1n) is 7.75. The van der Waals surface area contributed by atoms with Gasteiger partial charge in [0, 0.05) is 36.4 Å². The molecule has 0 unspecified atom stereocenters. The highest BCUT2D eigenvalue weighted by molar-refractivity contribution is 5.89. The Morgan fingerprint density at radius 1 is 1.30 bits per heavy atom. The van der Waals surface area contributed by atoms with Gasteiger partial charge in [-0.15, -0.1) is 0 Å². The molecule has 2 aliphatic rings. The van der Waals surface area contributed by atoms with Crippen LogP contribution in [0.15, 0.2) is 12.1 Å².